The van der Waals surface area contributed by atoms with Gasteiger partial charge < -0.3 is 10.2 Å². The fourth-order valence-electron chi connectivity index (χ4n) is 1.27. The number of alkyl halides is 2. The summed E-state index contributed by atoms with van der Waals surface area (Å²) in [5.74, 6) is -2.61. The van der Waals surface area contributed by atoms with E-state index in [0.29, 0.717) is 6.54 Å². The van der Waals surface area contributed by atoms with E-state index in [1.54, 1.807) is 11.9 Å². The monoisotopic (exact) mass is 208 g/mol. The van der Waals surface area contributed by atoms with Crippen molar-refractivity contribution in [2.75, 3.05) is 33.2 Å². The second-order valence-electron chi connectivity index (χ2n) is 3.73. The van der Waals surface area contributed by atoms with E-state index < -0.39 is 5.92 Å². The molecule has 0 aromatic rings. The Morgan fingerprint density at radius 3 is 2.43 bits per heavy atom. The smallest absolute Gasteiger partial charge is 0.272 e. The molecule has 2 nitrogen and oxygen atoms in total. The van der Waals surface area contributed by atoms with Gasteiger partial charge in [-0.05, 0) is 26.6 Å². The van der Waals surface area contributed by atoms with E-state index in [2.05, 4.69) is 12.2 Å². The number of nitrogens with zero attached hydrogens (tertiary/aromatic N) is 1. The highest BCUT2D eigenvalue weighted by molar-refractivity contribution is 4.73. The Hall–Kier alpha value is -0.220. The van der Waals surface area contributed by atoms with Crippen LogP contribution in [-0.4, -0.2) is 44.0 Å². The molecule has 0 fully saturated rings. The van der Waals surface area contributed by atoms with Crippen LogP contribution in [0.3, 0.4) is 0 Å². The molecule has 1 N–H and O–H groups in total. The third kappa shape index (κ3) is 7.21. The van der Waals surface area contributed by atoms with Crippen LogP contribution in [0.4, 0.5) is 8.78 Å². The van der Waals surface area contributed by atoms with Gasteiger partial charge in [0, 0.05) is 0 Å². The summed E-state index contributed by atoms with van der Waals surface area (Å²) >= 11 is 0. The summed E-state index contributed by atoms with van der Waals surface area (Å²) in [6.45, 7) is 4.86. The van der Waals surface area contributed by atoms with E-state index in [9.17, 15) is 8.78 Å². The molecule has 86 valence electrons. The van der Waals surface area contributed by atoms with Crippen molar-refractivity contribution in [2.24, 2.45) is 0 Å². The molecule has 0 spiro atoms. The van der Waals surface area contributed by atoms with Gasteiger partial charge in [0.15, 0.2) is 0 Å². The lowest BCUT2D eigenvalue weighted by molar-refractivity contribution is -0.0245. The zero-order chi connectivity index (χ0) is 11.0. The largest absolute Gasteiger partial charge is 0.311 e. The zero-order valence-corrected chi connectivity index (χ0v) is 9.45. The predicted molar refractivity (Wildman–Crippen MR) is 55.9 cm³/mol. The predicted octanol–water partition coefficient (Wildman–Crippen LogP) is 1.96. The maximum atomic E-state index is 13.2. The van der Waals surface area contributed by atoms with E-state index in [1.807, 2.05) is 6.92 Å². The van der Waals surface area contributed by atoms with Crippen molar-refractivity contribution in [3.8, 4) is 0 Å². The molecule has 0 aliphatic heterocycles. The number of rotatable bonds is 8. The second-order valence-corrected chi connectivity index (χ2v) is 3.73. The van der Waals surface area contributed by atoms with Crippen molar-refractivity contribution in [2.45, 2.75) is 32.6 Å². The van der Waals surface area contributed by atoms with Gasteiger partial charge in [0.05, 0.1) is 13.1 Å². The van der Waals surface area contributed by atoms with Crippen LogP contribution < -0.4 is 5.32 Å². The minimum atomic E-state index is -2.61. The summed E-state index contributed by atoms with van der Waals surface area (Å²) < 4.78 is 26.4. The van der Waals surface area contributed by atoms with Gasteiger partial charge >= 0.3 is 0 Å². The van der Waals surface area contributed by atoms with Crippen LogP contribution in [0.1, 0.15) is 26.7 Å². The molecule has 0 amide bonds. The Balaban J connectivity index is 3.70. The number of halogens is 2. The molecule has 0 atom stereocenters. The molecule has 0 aliphatic rings. The molecule has 0 saturated heterocycles. The first-order valence-electron chi connectivity index (χ1n) is 5.29. The van der Waals surface area contributed by atoms with Crippen LogP contribution in [-0.2, 0) is 0 Å². The minimum absolute atomic E-state index is 0.153. The van der Waals surface area contributed by atoms with Crippen molar-refractivity contribution in [3.05, 3.63) is 0 Å². The Labute approximate surface area is 85.7 Å². The molecule has 0 saturated carbocycles. The highest BCUT2D eigenvalue weighted by Gasteiger charge is 2.29. The lowest BCUT2D eigenvalue weighted by Gasteiger charge is -2.23. The number of unbranched alkanes of at least 4 members (excludes halogenated alkanes) is 1. The van der Waals surface area contributed by atoms with Crippen molar-refractivity contribution >= 4 is 0 Å². The van der Waals surface area contributed by atoms with Gasteiger partial charge in [-0.3, -0.25) is 0 Å². The lowest BCUT2D eigenvalue weighted by Crippen LogP contribution is -2.42. The van der Waals surface area contributed by atoms with Crippen molar-refractivity contribution in [3.63, 3.8) is 0 Å². The first-order chi connectivity index (χ1) is 6.52. The third-order valence-electron chi connectivity index (χ3n) is 2.03. The average molecular weight is 208 g/mol. The maximum Gasteiger partial charge on any atom is 0.272 e. The number of hydrogen-bond acceptors (Lipinski definition) is 2. The van der Waals surface area contributed by atoms with Gasteiger partial charge in [0.2, 0.25) is 0 Å². The van der Waals surface area contributed by atoms with Gasteiger partial charge in [-0.25, -0.2) is 8.78 Å². The maximum absolute atomic E-state index is 13.2. The number of hydrogen-bond donors (Lipinski definition) is 1. The van der Waals surface area contributed by atoms with E-state index in [4.69, 9.17) is 0 Å². The fraction of sp³-hybridized carbons (Fsp3) is 1.00. The van der Waals surface area contributed by atoms with Gasteiger partial charge in [-0.15, -0.1) is 0 Å². The molecule has 14 heavy (non-hydrogen) atoms. The molecule has 4 heteroatoms. The standard InChI is InChI=1S/C10H22F2N2/c1-4-6-7-14(3)9-10(11,12)8-13-5-2/h13H,4-9H2,1-3H3. The van der Waals surface area contributed by atoms with Crippen LogP contribution in [0, 0.1) is 0 Å². The molecule has 0 heterocycles. The van der Waals surface area contributed by atoms with Crippen molar-refractivity contribution < 1.29 is 8.78 Å². The summed E-state index contributed by atoms with van der Waals surface area (Å²) in [5.41, 5.74) is 0. The molecule has 0 aromatic heterocycles. The second kappa shape index (κ2) is 7.12. The highest BCUT2D eigenvalue weighted by atomic mass is 19.3. The summed E-state index contributed by atoms with van der Waals surface area (Å²) in [6.07, 6.45) is 2.02. The summed E-state index contributed by atoms with van der Waals surface area (Å²) in [7, 11) is 1.75. The highest BCUT2D eigenvalue weighted by Crippen LogP contribution is 2.13. The Morgan fingerprint density at radius 1 is 1.29 bits per heavy atom. The summed E-state index contributed by atoms with van der Waals surface area (Å²) in [4.78, 5) is 1.70. The molecular formula is C10H22F2N2. The van der Waals surface area contributed by atoms with Crippen molar-refractivity contribution in [1.82, 2.24) is 10.2 Å². The molecule has 0 rings (SSSR count). The topological polar surface area (TPSA) is 15.3 Å². The number of nitrogens with one attached hydrogen (secondary N) is 1. The molecule has 0 radical (unpaired) electrons. The Kier molecular flexibility index (Phi) is 7.01. The third-order valence-corrected chi connectivity index (χ3v) is 2.03. The molecular weight excluding hydrogens is 186 g/mol. The first kappa shape index (κ1) is 13.8. The van der Waals surface area contributed by atoms with Crippen LogP contribution in [0.15, 0.2) is 0 Å². The minimum Gasteiger partial charge on any atom is -0.311 e. The van der Waals surface area contributed by atoms with Crippen LogP contribution in [0.25, 0.3) is 0 Å². The SMILES string of the molecule is CCCCN(C)CC(F)(F)CNCC. The van der Waals surface area contributed by atoms with Gasteiger partial charge in [0.1, 0.15) is 0 Å². The van der Waals surface area contributed by atoms with Crippen LogP contribution in [0.5, 0.6) is 0 Å². The molecule has 0 unspecified atom stereocenters. The Bertz CT molecular complexity index is 140. The molecule has 0 bridgehead atoms. The zero-order valence-electron chi connectivity index (χ0n) is 9.45. The first-order valence-corrected chi connectivity index (χ1v) is 5.29. The van der Waals surface area contributed by atoms with E-state index >= 15 is 0 Å². The van der Waals surface area contributed by atoms with E-state index in [0.717, 1.165) is 19.4 Å². The lowest BCUT2D eigenvalue weighted by atomic mass is 10.2. The van der Waals surface area contributed by atoms with Gasteiger partial charge in [-0.1, -0.05) is 20.3 Å². The summed E-state index contributed by atoms with van der Waals surface area (Å²) in [5, 5.41) is 2.67. The summed E-state index contributed by atoms with van der Waals surface area (Å²) in [6, 6.07) is 0. The molecule has 0 aliphatic carbocycles. The quantitative estimate of drug-likeness (QED) is 0.656. The normalized spacial score (nSPS) is 12.4. The van der Waals surface area contributed by atoms with Crippen molar-refractivity contribution in [1.29, 1.82) is 0 Å². The average Bonchev–Trinajstić information content (AvgIpc) is 2.11. The van der Waals surface area contributed by atoms with Crippen LogP contribution in [0.2, 0.25) is 0 Å². The van der Waals surface area contributed by atoms with E-state index in [1.165, 1.54) is 0 Å². The Morgan fingerprint density at radius 2 is 1.93 bits per heavy atom. The van der Waals surface area contributed by atoms with Gasteiger partial charge in [0.25, 0.3) is 5.92 Å². The van der Waals surface area contributed by atoms with E-state index in [-0.39, 0.29) is 13.1 Å². The van der Waals surface area contributed by atoms with Crippen LogP contribution >= 0.6 is 0 Å². The van der Waals surface area contributed by atoms with Gasteiger partial charge in [-0.2, -0.15) is 0 Å². The fourth-order valence-corrected chi connectivity index (χ4v) is 1.27. The molecule has 0 aromatic carbocycles.